The quantitative estimate of drug-likeness (QED) is 0.459. The lowest BCUT2D eigenvalue weighted by atomic mass is 10.2. The molecule has 0 aliphatic carbocycles. The highest BCUT2D eigenvalue weighted by atomic mass is 32.2. The van der Waals surface area contributed by atoms with Crippen LogP contribution in [0.5, 0.6) is 5.75 Å². The Bertz CT molecular complexity index is 919. The van der Waals surface area contributed by atoms with Gasteiger partial charge in [0.1, 0.15) is 12.0 Å². The maximum atomic E-state index is 13.1. The molecule has 3 rings (SSSR count). The molecule has 2 saturated heterocycles. The van der Waals surface area contributed by atoms with Crippen LogP contribution in [0.1, 0.15) is 5.56 Å². The molecule has 2 fully saturated rings. The fourth-order valence-electron chi connectivity index (χ4n) is 3.58. The van der Waals surface area contributed by atoms with E-state index in [-0.39, 0.29) is 24.6 Å². The van der Waals surface area contributed by atoms with Gasteiger partial charge in [-0.05, 0) is 30.7 Å². The second kappa shape index (κ2) is 11.1. The summed E-state index contributed by atoms with van der Waals surface area (Å²) in [6.45, 7) is 5.83. The number of aryl methyl sites for hydroxylation is 1. The molecule has 32 heavy (non-hydrogen) atoms. The van der Waals surface area contributed by atoms with Gasteiger partial charge in [0, 0.05) is 32.7 Å². The van der Waals surface area contributed by atoms with Crippen molar-refractivity contribution in [3.8, 4) is 5.75 Å². The first kappa shape index (κ1) is 24.4. The number of methoxy groups -OCH3 is 1. The number of rotatable bonds is 8. The van der Waals surface area contributed by atoms with E-state index >= 15 is 0 Å². The molecule has 0 bridgehead atoms. The highest BCUT2D eigenvalue weighted by molar-refractivity contribution is 7.89. The van der Waals surface area contributed by atoms with Crippen molar-refractivity contribution in [1.29, 1.82) is 0 Å². The average Bonchev–Trinajstić information content (AvgIpc) is 3.27. The summed E-state index contributed by atoms with van der Waals surface area (Å²) in [6, 6.07) is 4.60. The predicted molar refractivity (Wildman–Crippen MR) is 115 cm³/mol. The fourth-order valence-corrected chi connectivity index (χ4v) is 5.18. The Labute approximate surface area is 188 Å². The molecule has 11 nitrogen and oxygen atoms in total. The van der Waals surface area contributed by atoms with Crippen LogP contribution in [-0.2, 0) is 29.1 Å². The summed E-state index contributed by atoms with van der Waals surface area (Å²) < 4.78 is 43.3. The molecule has 178 valence electrons. The van der Waals surface area contributed by atoms with Gasteiger partial charge in [-0.25, -0.2) is 8.42 Å². The van der Waals surface area contributed by atoms with Crippen LogP contribution in [0.25, 0.3) is 0 Å². The third kappa shape index (κ3) is 5.95. The molecule has 12 heteroatoms. The number of amides is 2. The van der Waals surface area contributed by atoms with E-state index in [1.807, 2.05) is 0 Å². The molecule has 0 unspecified atom stereocenters. The average molecular weight is 471 g/mol. The Morgan fingerprint density at radius 1 is 1.12 bits per heavy atom. The van der Waals surface area contributed by atoms with E-state index < -0.39 is 28.1 Å². The summed E-state index contributed by atoms with van der Waals surface area (Å²) in [6.07, 6.45) is -0.896. The number of nitrogens with zero attached hydrogens (tertiary/aromatic N) is 2. The lowest BCUT2D eigenvalue weighted by molar-refractivity contribution is -0.139. The maximum Gasteiger partial charge on any atom is 0.309 e. The minimum Gasteiger partial charge on any atom is -0.496 e. The van der Waals surface area contributed by atoms with Crippen LogP contribution in [0, 0.1) is 6.92 Å². The number of ether oxygens (including phenoxy) is 3. The molecule has 2 heterocycles. The lowest BCUT2D eigenvalue weighted by Crippen LogP contribution is -2.48. The number of hydrogen-bond acceptors (Lipinski definition) is 8. The van der Waals surface area contributed by atoms with Crippen molar-refractivity contribution in [1.82, 2.24) is 19.8 Å². The molecular weight excluding hydrogens is 440 g/mol. The van der Waals surface area contributed by atoms with Gasteiger partial charge in [-0.3, -0.25) is 14.5 Å². The van der Waals surface area contributed by atoms with Crippen molar-refractivity contribution in [2.75, 3.05) is 66.2 Å². The molecule has 0 aromatic heterocycles. The first-order valence-corrected chi connectivity index (χ1v) is 11.9. The lowest BCUT2D eigenvalue weighted by Gasteiger charge is -2.26. The van der Waals surface area contributed by atoms with Crippen molar-refractivity contribution in [3.05, 3.63) is 23.8 Å². The summed E-state index contributed by atoms with van der Waals surface area (Å²) in [5.41, 5.74) is 0.687. The van der Waals surface area contributed by atoms with Gasteiger partial charge in [-0.1, -0.05) is 0 Å². The van der Waals surface area contributed by atoms with Crippen molar-refractivity contribution in [2.45, 2.75) is 18.0 Å². The van der Waals surface area contributed by atoms with Crippen LogP contribution in [0.2, 0.25) is 0 Å². The molecule has 2 aliphatic rings. The molecular formula is C20H30N4O7S. The molecule has 0 saturated carbocycles. The molecule has 1 aromatic carbocycles. The zero-order valence-corrected chi connectivity index (χ0v) is 19.2. The van der Waals surface area contributed by atoms with E-state index in [1.165, 1.54) is 23.5 Å². The Morgan fingerprint density at radius 2 is 1.84 bits per heavy atom. The Hall–Kier alpha value is -2.25. The van der Waals surface area contributed by atoms with Gasteiger partial charge in [0.05, 0.1) is 38.4 Å². The second-order valence-electron chi connectivity index (χ2n) is 7.49. The number of sulfonamides is 1. The van der Waals surface area contributed by atoms with E-state index in [0.717, 1.165) is 13.1 Å². The van der Waals surface area contributed by atoms with E-state index in [9.17, 15) is 18.0 Å². The molecule has 1 atom stereocenters. The SMILES string of the molecule is COc1ccc(S(=O)(=O)N2CCO[C@@H]2CNC(=O)C(=O)NCCN2CCOCC2)cc1C. The topological polar surface area (TPSA) is 127 Å². The van der Waals surface area contributed by atoms with Crippen molar-refractivity contribution < 1.29 is 32.2 Å². The van der Waals surface area contributed by atoms with E-state index in [4.69, 9.17) is 14.2 Å². The summed E-state index contributed by atoms with van der Waals surface area (Å²) in [4.78, 5) is 26.4. The zero-order valence-electron chi connectivity index (χ0n) is 18.3. The van der Waals surface area contributed by atoms with Crippen LogP contribution in [0.15, 0.2) is 23.1 Å². The number of morpholine rings is 1. The van der Waals surface area contributed by atoms with Crippen molar-refractivity contribution >= 4 is 21.8 Å². The predicted octanol–water partition coefficient (Wildman–Crippen LogP) is -1.08. The minimum atomic E-state index is -3.84. The third-order valence-electron chi connectivity index (χ3n) is 5.38. The first-order valence-electron chi connectivity index (χ1n) is 10.5. The van der Waals surface area contributed by atoms with Crippen LogP contribution in [0.4, 0.5) is 0 Å². The van der Waals surface area contributed by atoms with Crippen molar-refractivity contribution in [2.24, 2.45) is 0 Å². The van der Waals surface area contributed by atoms with Gasteiger partial charge in [-0.2, -0.15) is 4.31 Å². The Morgan fingerprint density at radius 3 is 2.53 bits per heavy atom. The number of carbonyl (C=O) groups excluding carboxylic acids is 2. The normalized spacial score (nSPS) is 20.1. The van der Waals surface area contributed by atoms with Crippen molar-refractivity contribution in [3.63, 3.8) is 0 Å². The number of carbonyl (C=O) groups is 2. The number of benzene rings is 1. The van der Waals surface area contributed by atoms with Gasteiger partial charge in [0.2, 0.25) is 10.0 Å². The second-order valence-corrected chi connectivity index (χ2v) is 9.38. The molecule has 0 spiro atoms. The van der Waals surface area contributed by atoms with E-state index in [2.05, 4.69) is 15.5 Å². The molecule has 1 aromatic rings. The van der Waals surface area contributed by atoms with E-state index in [0.29, 0.717) is 37.6 Å². The molecule has 2 N–H and O–H groups in total. The third-order valence-corrected chi connectivity index (χ3v) is 7.26. The Balaban J connectivity index is 1.51. The highest BCUT2D eigenvalue weighted by Gasteiger charge is 2.37. The standard InChI is InChI=1S/C20H30N4O7S/c1-15-13-16(3-4-17(15)29-2)32(27,28)24-9-12-31-18(24)14-22-20(26)19(25)21-5-6-23-7-10-30-11-8-23/h3-4,13,18H,5-12,14H2,1-2H3,(H,21,25)(H,22,26)/t18-/m1/s1. The summed E-state index contributed by atoms with van der Waals surface area (Å²) in [7, 11) is -2.33. The van der Waals surface area contributed by atoms with Gasteiger partial charge < -0.3 is 24.8 Å². The number of nitrogens with one attached hydrogen (secondary N) is 2. The zero-order chi connectivity index (χ0) is 23.1. The summed E-state index contributed by atoms with van der Waals surface area (Å²) >= 11 is 0. The number of hydrogen-bond donors (Lipinski definition) is 2. The van der Waals surface area contributed by atoms with Gasteiger partial charge >= 0.3 is 11.8 Å². The highest BCUT2D eigenvalue weighted by Crippen LogP contribution is 2.26. The molecule has 2 amide bonds. The van der Waals surface area contributed by atoms with Crippen LogP contribution in [0.3, 0.4) is 0 Å². The monoisotopic (exact) mass is 470 g/mol. The largest absolute Gasteiger partial charge is 0.496 e. The van der Waals surface area contributed by atoms with Crippen LogP contribution < -0.4 is 15.4 Å². The Kier molecular flexibility index (Phi) is 8.43. The smallest absolute Gasteiger partial charge is 0.309 e. The minimum absolute atomic E-state index is 0.110. The maximum absolute atomic E-state index is 13.1. The van der Waals surface area contributed by atoms with Gasteiger partial charge in [0.25, 0.3) is 0 Å². The molecule has 2 aliphatic heterocycles. The summed E-state index contributed by atoms with van der Waals surface area (Å²) in [5, 5.41) is 5.03. The van der Waals surface area contributed by atoms with Gasteiger partial charge in [-0.15, -0.1) is 0 Å². The van der Waals surface area contributed by atoms with Gasteiger partial charge in [0.15, 0.2) is 0 Å². The van der Waals surface area contributed by atoms with Crippen LogP contribution in [-0.4, -0.2) is 102 Å². The molecule has 0 radical (unpaired) electrons. The fraction of sp³-hybridized carbons (Fsp3) is 0.600. The first-order chi connectivity index (χ1) is 15.3. The van der Waals surface area contributed by atoms with Crippen LogP contribution >= 0.6 is 0 Å². The van der Waals surface area contributed by atoms with E-state index in [1.54, 1.807) is 13.0 Å². The summed E-state index contributed by atoms with van der Waals surface area (Å²) in [5.74, 6) is -1.01.